The van der Waals surface area contributed by atoms with Crippen LogP contribution in [0.15, 0.2) is 47.4 Å². The number of halogens is 1. The Bertz CT molecular complexity index is 842. The molecule has 0 aliphatic rings. The Kier molecular flexibility index (Phi) is 6.74. The Morgan fingerprint density at radius 1 is 1.19 bits per heavy atom. The predicted octanol–water partition coefficient (Wildman–Crippen LogP) is 2.51. The molecule has 136 valence electrons. The standard InChI is InChI=1S/C18H17FN2O4S/c1-11-6-7-12(8-13(11)19)18(24)25-9-17(23)21-14-4-2-3-5-15(14)26-10-16(20)22/h2-8H,9-10H2,1H3,(H2,20,22)(H,21,23). The highest BCUT2D eigenvalue weighted by molar-refractivity contribution is 8.00. The lowest BCUT2D eigenvalue weighted by Gasteiger charge is -2.10. The molecule has 0 atom stereocenters. The van der Waals surface area contributed by atoms with E-state index in [2.05, 4.69) is 5.32 Å². The second-order valence-electron chi connectivity index (χ2n) is 5.34. The molecule has 0 aromatic heterocycles. The van der Waals surface area contributed by atoms with Crippen molar-refractivity contribution >= 4 is 35.2 Å². The van der Waals surface area contributed by atoms with E-state index in [1.807, 2.05) is 0 Å². The fraction of sp³-hybridized carbons (Fsp3) is 0.167. The number of thioether (sulfide) groups is 1. The van der Waals surface area contributed by atoms with Gasteiger partial charge in [-0.3, -0.25) is 9.59 Å². The number of nitrogens with two attached hydrogens (primary N) is 1. The molecule has 2 aromatic carbocycles. The molecule has 0 bridgehead atoms. The van der Waals surface area contributed by atoms with Crippen LogP contribution in [0.1, 0.15) is 15.9 Å². The summed E-state index contributed by atoms with van der Waals surface area (Å²) in [6.45, 7) is 1.05. The third kappa shape index (κ3) is 5.59. The van der Waals surface area contributed by atoms with Crippen LogP contribution < -0.4 is 11.1 Å². The van der Waals surface area contributed by atoms with Gasteiger partial charge in [0.05, 0.1) is 17.0 Å². The lowest BCUT2D eigenvalue weighted by molar-refractivity contribution is -0.119. The van der Waals surface area contributed by atoms with E-state index in [9.17, 15) is 18.8 Å². The van der Waals surface area contributed by atoms with Crippen molar-refractivity contribution in [2.24, 2.45) is 5.73 Å². The second kappa shape index (κ2) is 9.00. The number of anilines is 1. The molecule has 6 nitrogen and oxygen atoms in total. The lowest BCUT2D eigenvalue weighted by atomic mass is 10.1. The number of para-hydroxylation sites is 1. The third-order valence-electron chi connectivity index (χ3n) is 3.27. The Morgan fingerprint density at radius 3 is 2.62 bits per heavy atom. The van der Waals surface area contributed by atoms with Crippen molar-refractivity contribution < 1.29 is 23.5 Å². The van der Waals surface area contributed by atoms with Gasteiger partial charge in [-0.25, -0.2) is 9.18 Å². The van der Waals surface area contributed by atoms with Crippen molar-refractivity contribution in [1.29, 1.82) is 0 Å². The van der Waals surface area contributed by atoms with E-state index in [0.29, 0.717) is 16.1 Å². The molecule has 0 saturated heterocycles. The van der Waals surface area contributed by atoms with Crippen LogP contribution in [0.25, 0.3) is 0 Å². The Hall–Kier alpha value is -2.87. The van der Waals surface area contributed by atoms with E-state index in [4.69, 9.17) is 10.5 Å². The minimum Gasteiger partial charge on any atom is -0.452 e. The highest BCUT2D eigenvalue weighted by atomic mass is 32.2. The maximum Gasteiger partial charge on any atom is 0.338 e. The van der Waals surface area contributed by atoms with E-state index in [1.165, 1.54) is 23.9 Å². The third-order valence-corrected chi connectivity index (χ3v) is 4.37. The first-order valence-corrected chi connectivity index (χ1v) is 8.58. The van der Waals surface area contributed by atoms with Gasteiger partial charge in [0.15, 0.2) is 6.61 Å². The maximum absolute atomic E-state index is 13.5. The van der Waals surface area contributed by atoms with Crippen molar-refractivity contribution in [2.45, 2.75) is 11.8 Å². The van der Waals surface area contributed by atoms with Crippen LogP contribution in [0, 0.1) is 12.7 Å². The predicted molar refractivity (Wildman–Crippen MR) is 96.4 cm³/mol. The van der Waals surface area contributed by atoms with Crippen molar-refractivity contribution in [1.82, 2.24) is 0 Å². The van der Waals surface area contributed by atoms with Crippen molar-refractivity contribution in [3.8, 4) is 0 Å². The number of esters is 1. The van der Waals surface area contributed by atoms with Crippen LogP contribution in [-0.4, -0.2) is 30.1 Å². The summed E-state index contributed by atoms with van der Waals surface area (Å²) in [5, 5.41) is 2.60. The summed E-state index contributed by atoms with van der Waals surface area (Å²) in [6.07, 6.45) is 0. The Labute approximate surface area is 153 Å². The minimum atomic E-state index is -0.796. The molecule has 26 heavy (non-hydrogen) atoms. The van der Waals surface area contributed by atoms with Crippen LogP contribution in [0.2, 0.25) is 0 Å². The maximum atomic E-state index is 13.5. The summed E-state index contributed by atoms with van der Waals surface area (Å²) in [7, 11) is 0. The van der Waals surface area contributed by atoms with E-state index >= 15 is 0 Å². The molecule has 0 heterocycles. The van der Waals surface area contributed by atoms with Crippen molar-refractivity contribution in [3.63, 3.8) is 0 Å². The SMILES string of the molecule is Cc1ccc(C(=O)OCC(=O)Nc2ccccc2SCC(N)=O)cc1F. The molecule has 0 aliphatic carbocycles. The van der Waals surface area contributed by atoms with Crippen LogP contribution in [0.4, 0.5) is 10.1 Å². The molecule has 2 aromatic rings. The summed E-state index contributed by atoms with van der Waals surface area (Å²) in [5.74, 6) is -2.28. The van der Waals surface area contributed by atoms with Gasteiger partial charge in [-0.2, -0.15) is 0 Å². The van der Waals surface area contributed by atoms with Crippen molar-refractivity contribution in [3.05, 3.63) is 59.4 Å². The topological polar surface area (TPSA) is 98.5 Å². The fourth-order valence-corrected chi connectivity index (χ4v) is 2.71. The summed E-state index contributed by atoms with van der Waals surface area (Å²) in [4.78, 5) is 35.4. The van der Waals surface area contributed by atoms with E-state index in [0.717, 1.165) is 6.07 Å². The number of carbonyl (C=O) groups is 3. The van der Waals surface area contributed by atoms with Gasteiger partial charge in [-0.15, -0.1) is 11.8 Å². The summed E-state index contributed by atoms with van der Waals surface area (Å²) in [5.41, 5.74) is 6.02. The molecule has 0 spiro atoms. The number of ether oxygens (including phenoxy) is 1. The fourth-order valence-electron chi connectivity index (χ4n) is 1.97. The highest BCUT2D eigenvalue weighted by Gasteiger charge is 2.13. The lowest BCUT2D eigenvalue weighted by Crippen LogP contribution is -2.21. The number of amides is 2. The largest absolute Gasteiger partial charge is 0.452 e. The van der Waals surface area contributed by atoms with Gasteiger partial charge >= 0.3 is 5.97 Å². The zero-order valence-electron chi connectivity index (χ0n) is 14.0. The Morgan fingerprint density at radius 2 is 1.92 bits per heavy atom. The summed E-state index contributed by atoms with van der Waals surface area (Å²) < 4.78 is 18.4. The van der Waals surface area contributed by atoms with Gasteiger partial charge in [0.1, 0.15) is 5.82 Å². The molecule has 3 N–H and O–H groups in total. The van der Waals surface area contributed by atoms with E-state index < -0.39 is 30.2 Å². The number of primary amides is 1. The smallest absolute Gasteiger partial charge is 0.338 e. The van der Waals surface area contributed by atoms with Gasteiger partial charge in [0.2, 0.25) is 5.91 Å². The Balaban J connectivity index is 1.93. The summed E-state index contributed by atoms with van der Waals surface area (Å²) >= 11 is 1.18. The van der Waals surface area contributed by atoms with Gasteiger partial charge in [0, 0.05) is 4.90 Å². The molecule has 0 aliphatic heterocycles. The molecule has 2 amide bonds. The van der Waals surface area contributed by atoms with E-state index in [-0.39, 0.29) is 11.3 Å². The normalized spacial score (nSPS) is 10.2. The van der Waals surface area contributed by atoms with Crippen LogP contribution >= 0.6 is 11.8 Å². The van der Waals surface area contributed by atoms with Gasteiger partial charge in [-0.05, 0) is 36.8 Å². The van der Waals surface area contributed by atoms with Gasteiger partial charge in [-0.1, -0.05) is 18.2 Å². The molecular formula is C18H17FN2O4S. The molecular weight excluding hydrogens is 359 g/mol. The molecule has 2 rings (SSSR count). The zero-order valence-corrected chi connectivity index (χ0v) is 14.8. The molecule has 8 heteroatoms. The highest BCUT2D eigenvalue weighted by Crippen LogP contribution is 2.26. The molecule has 0 fully saturated rings. The summed E-state index contributed by atoms with van der Waals surface area (Å²) in [6, 6.07) is 10.8. The van der Waals surface area contributed by atoms with Crippen LogP contribution in [0.5, 0.6) is 0 Å². The number of aryl methyl sites for hydroxylation is 1. The number of hydrogen-bond donors (Lipinski definition) is 2. The molecule has 0 saturated carbocycles. The molecule has 0 radical (unpaired) electrons. The van der Waals surface area contributed by atoms with E-state index in [1.54, 1.807) is 31.2 Å². The first-order chi connectivity index (χ1) is 12.4. The first-order valence-electron chi connectivity index (χ1n) is 7.60. The monoisotopic (exact) mass is 376 g/mol. The number of benzene rings is 2. The number of nitrogens with one attached hydrogen (secondary N) is 1. The number of rotatable bonds is 7. The average Bonchev–Trinajstić information content (AvgIpc) is 2.61. The quantitative estimate of drug-likeness (QED) is 0.571. The number of carbonyl (C=O) groups excluding carboxylic acids is 3. The average molecular weight is 376 g/mol. The molecule has 0 unspecified atom stereocenters. The van der Waals surface area contributed by atoms with Gasteiger partial charge < -0.3 is 15.8 Å². The first kappa shape index (κ1) is 19.5. The minimum absolute atomic E-state index is 0.0262. The number of hydrogen-bond acceptors (Lipinski definition) is 5. The second-order valence-corrected chi connectivity index (χ2v) is 6.36. The van der Waals surface area contributed by atoms with Gasteiger partial charge in [0.25, 0.3) is 5.91 Å². The van der Waals surface area contributed by atoms with Crippen LogP contribution in [-0.2, 0) is 14.3 Å². The van der Waals surface area contributed by atoms with Crippen LogP contribution in [0.3, 0.4) is 0 Å². The van der Waals surface area contributed by atoms with Crippen molar-refractivity contribution in [2.75, 3.05) is 17.7 Å². The zero-order chi connectivity index (χ0) is 19.1.